The van der Waals surface area contributed by atoms with Crippen LogP contribution in [0.25, 0.3) is 4.96 Å². The van der Waals surface area contributed by atoms with Crippen LogP contribution >= 0.6 is 22.9 Å². The van der Waals surface area contributed by atoms with Gasteiger partial charge in [0.05, 0.1) is 0 Å². The van der Waals surface area contributed by atoms with Crippen LogP contribution in [0.3, 0.4) is 0 Å². The summed E-state index contributed by atoms with van der Waals surface area (Å²) in [7, 11) is 0. The standard InChI is InChI=1S/C15H14ClN5OS/c16-11-3-1-2-9(8-11)6-7-17-13(22)14-20-21-12(10-4-5-10)18-19-15(21)23-14/h1-3,8,10H,4-7H2,(H,17,22). The van der Waals surface area contributed by atoms with Gasteiger partial charge in [-0.1, -0.05) is 35.1 Å². The molecule has 1 aliphatic carbocycles. The molecule has 0 radical (unpaired) electrons. The topological polar surface area (TPSA) is 72.2 Å². The van der Waals surface area contributed by atoms with Crippen molar-refractivity contribution in [2.75, 3.05) is 6.54 Å². The summed E-state index contributed by atoms with van der Waals surface area (Å²) in [5, 5.41) is 16.6. The molecule has 2 heterocycles. The average Bonchev–Trinajstić information content (AvgIpc) is 3.15. The smallest absolute Gasteiger partial charge is 0.282 e. The van der Waals surface area contributed by atoms with Crippen molar-refractivity contribution in [2.45, 2.75) is 25.2 Å². The summed E-state index contributed by atoms with van der Waals surface area (Å²) < 4.78 is 1.70. The lowest BCUT2D eigenvalue weighted by molar-refractivity contribution is 0.0952. The number of benzene rings is 1. The molecule has 1 aliphatic rings. The second kappa shape index (κ2) is 5.90. The Bertz CT molecular complexity index is 870. The van der Waals surface area contributed by atoms with Gasteiger partial charge in [-0.25, -0.2) is 0 Å². The monoisotopic (exact) mass is 347 g/mol. The van der Waals surface area contributed by atoms with Gasteiger partial charge in [0, 0.05) is 17.5 Å². The van der Waals surface area contributed by atoms with Crippen LogP contribution in [-0.4, -0.2) is 32.3 Å². The van der Waals surface area contributed by atoms with Crippen LogP contribution in [0, 0.1) is 0 Å². The molecule has 0 unspecified atom stereocenters. The number of nitrogens with zero attached hydrogens (tertiary/aromatic N) is 4. The number of fused-ring (bicyclic) bond motifs is 1. The molecular formula is C15H14ClN5OS. The van der Waals surface area contributed by atoms with E-state index in [1.54, 1.807) is 4.52 Å². The SMILES string of the molecule is O=C(NCCc1cccc(Cl)c1)c1nn2c(C3CC3)nnc2s1. The molecule has 1 aromatic carbocycles. The quantitative estimate of drug-likeness (QED) is 0.770. The van der Waals surface area contributed by atoms with E-state index >= 15 is 0 Å². The molecule has 0 bridgehead atoms. The number of hydrogen-bond donors (Lipinski definition) is 1. The summed E-state index contributed by atoms with van der Waals surface area (Å²) in [4.78, 5) is 12.9. The molecule has 1 saturated carbocycles. The Morgan fingerprint density at radius 2 is 2.26 bits per heavy atom. The van der Waals surface area contributed by atoms with Gasteiger partial charge in [0.2, 0.25) is 9.97 Å². The summed E-state index contributed by atoms with van der Waals surface area (Å²) in [6, 6.07) is 7.63. The van der Waals surface area contributed by atoms with E-state index in [1.807, 2.05) is 24.3 Å². The first-order chi connectivity index (χ1) is 11.2. The first kappa shape index (κ1) is 14.6. The van der Waals surface area contributed by atoms with E-state index in [4.69, 9.17) is 11.6 Å². The molecule has 0 atom stereocenters. The Morgan fingerprint density at radius 3 is 3.04 bits per heavy atom. The van der Waals surface area contributed by atoms with Crippen molar-refractivity contribution < 1.29 is 4.79 Å². The van der Waals surface area contributed by atoms with Crippen molar-refractivity contribution >= 4 is 33.8 Å². The highest BCUT2D eigenvalue weighted by Gasteiger charge is 2.30. The first-order valence-electron chi connectivity index (χ1n) is 7.45. The Hall–Kier alpha value is -1.99. The van der Waals surface area contributed by atoms with Crippen molar-refractivity contribution in [3.63, 3.8) is 0 Å². The summed E-state index contributed by atoms with van der Waals surface area (Å²) in [6.45, 7) is 0.537. The lowest BCUT2D eigenvalue weighted by atomic mass is 10.1. The van der Waals surface area contributed by atoms with Gasteiger partial charge in [0.25, 0.3) is 5.91 Å². The molecule has 23 heavy (non-hydrogen) atoms. The predicted octanol–water partition coefficient (Wildman–Crippen LogP) is 2.69. The third kappa shape index (κ3) is 3.07. The lowest BCUT2D eigenvalue weighted by Crippen LogP contribution is -2.25. The van der Waals surface area contributed by atoms with Crippen molar-refractivity contribution in [3.8, 4) is 0 Å². The molecule has 3 aromatic rings. The van der Waals surface area contributed by atoms with Crippen LogP contribution in [0.15, 0.2) is 24.3 Å². The molecule has 6 nitrogen and oxygen atoms in total. The molecule has 0 aliphatic heterocycles. The van der Waals surface area contributed by atoms with E-state index in [2.05, 4.69) is 20.6 Å². The molecule has 4 rings (SSSR count). The predicted molar refractivity (Wildman–Crippen MR) is 88.1 cm³/mol. The molecule has 0 saturated heterocycles. The Balaban J connectivity index is 1.40. The Morgan fingerprint density at radius 1 is 1.39 bits per heavy atom. The molecular weight excluding hydrogens is 334 g/mol. The van der Waals surface area contributed by atoms with Gasteiger partial charge in [0.1, 0.15) is 0 Å². The van der Waals surface area contributed by atoms with Crippen LogP contribution < -0.4 is 5.32 Å². The van der Waals surface area contributed by atoms with Crippen molar-refractivity contribution in [1.82, 2.24) is 25.1 Å². The molecule has 118 valence electrons. The minimum atomic E-state index is -0.177. The summed E-state index contributed by atoms with van der Waals surface area (Å²) in [6.07, 6.45) is 2.97. The van der Waals surface area contributed by atoms with Crippen LogP contribution in [0.5, 0.6) is 0 Å². The van der Waals surface area contributed by atoms with Gasteiger partial charge in [-0.2, -0.15) is 4.52 Å². The highest BCUT2D eigenvalue weighted by Crippen LogP contribution is 2.39. The minimum Gasteiger partial charge on any atom is -0.350 e. The van der Waals surface area contributed by atoms with E-state index in [0.29, 0.717) is 27.5 Å². The number of rotatable bonds is 5. The second-order valence-corrected chi connectivity index (χ2v) is 6.96. The van der Waals surface area contributed by atoms with E-state index in [1.165, 1.54) is 11.3 Å². The van der Waals surface area contributed by atoms with Gasteiger partial charge >= 0.3 is 0 Å². The van der Waals surface area contributed by atoms with Crippen molar-refractivity contribution in [1.29, 1.82) is 0 Å². The fourth-order valence-electron chi connectivity index (χ4n) is 2.41. The number of aromatic nitrogens is 4. The summed E-state index contributed by atoms with van der Waals surface area (Å²) >= 11 is 7.21. The number of amides is 1. The zero-order valence-corrected chi connectivity index (χ0v) is 13.8. The maximum Gasteiger partial charge on any atom is 0.282 e. The average molecular weight is 348 g/mol. The number of hydrogen-bond acceptors (Lipinski definition) is 5. The van der Waals surface area contributed by atoms with Crippen LogP contribution in [0.4, 0.5) is 0 Å². The zero-order chi connectivity index (χ0) is 15.8. The second-order valence-electron chi connectivity index (χ2n) is 5.57. The van der Waals surface area contributed by atoms with Gasteiger partial charge < -0.3 is 5.32 Å². The number of nitrogens with one attached hydrogen (secondary N) is 1. The molecule has 0 spiro atoms. The number of carbonyl (C=O) groups excluding carboxylic acids is 1. The highest BCUT2D eigenvalue weighted by atomic mass is 35.5. The fraction of sp³-hybridized carbons (Fsp3) is 0.333. The molecule has 1 fully saturated rings. The van der Waals surface area contributed by atoms with E-state index in [9.17, 15) is 4.79 Å². The van der Waals surface area contributed by atoms with Crippen LogP contribution in [0.2, 0.25) is 5.02 Å². The Labute approximate surface area is 141 Å². The third-order valence-electron chi connectivity index (χ3n) is 3.74. The maximum atomic E-state index is 12.2. The van der Waals surface area contributed by atoms with Crippen molar-refractivity contribution in [3.05, 3.63) is 45.7 Å². The normalized spacial score (nSPS) is 14.3. The van der Waals surface area contributed by atoms with Gasteiger partial charge in [0.15, 0.2) is 5.82 Å². The van der Waals surface area contributed by atoms with Gasteiger partial charge in [-0.05, 0) is 37.0 Å². The molecule has 8 heteroatoms. The van der Waals surface area contributed by atoms with Crippen molar-refractivity contribution in [2.24, 2.45) is 0 Å². The minimum absolute atomic E-state index is 0.177. The van der Waals surface area contributed by atoms with Crippen LogP contribution in [0.1, 0.15) is 39.9 Å². The summed E-state index contributed by atoms with van der Waals surface area (Å²) in [5.41, 5.74) is 1.09. The molecule has 2 aromatic heterocycles. The molecule has 1 amide bonds. The van der Waals surface area contributed by atoms with E-state index in [0.717, 1.165) is 30.7 Å². The Kier molecular flexibility index (Phi) is 3.74. The van der Waals surface area contributed by atoms with E-state index in [-0.39, 0.29) is 5.91 Å². The fourth-order valence-corrected chi connectivity index (χ4v) is 3.38. The summed E-state index contributed by atoms with van der Waals surface area (Å²) in [5.74, 6) is 1.14. The van der Waals surface area contributed by atoms with E-state index < -0.39 is 0 Å². The highest BCUT2D eigenvalue weighted by molar-refractivity contribution is 7.18. The first-order valence-corrected chi connectivity index (χ1v) is 8.65. The van der Waals surface area contributed by atoms with Gasteiger partial charge in [-0.3, -0.25) is 4.79 Å². The third-order valence-corrected chi connectivity index (χ3v) is 4.87. The van der Waals surface area contributed by atoms with Gasteiger partial charge in [-0.15, -0.1) is 15.3 Å². The number of halogens is 1. The largest absolute Gasteiger partial charge is 0.350 e. The van der Waals surface area contributed by atoms with Crippen LogP contribution in [-0.2, 0) is 6.42 Å². The lowest BCUT2D eigenvalue weighted by Gasteiger charge is -2.03. The number of carbonyl (C=O) groups is 1. The molecule has 1 N–H and O–H groups in total. The maximum absolute atomic E-state index is 12.2. The zero-order valence-electron chi connectivity index (χ0n) is 12.2.